The van der Waals surface area contributed by atoms with E-state index in [1.165, 1.54) is 6.20 Å². The highest BCUT2D eigenvalue weighted by Crippen LogP contribution is 2.37. The molecule has 0 radical (unpaired) electrons. The van der Waals surface area contributed by atoms with Gasteiger partial charge in [0.05, 0.1) is 5.39 Å². The molecule has 2 fully saturated rings. The summed E-state index contributed by atoms with van der Waals surface area (Å²) in [6.45, 7) is 3.50. The number of rotatable bonds is 5. The van der Waals surface area contributed by atoms with Crippen molar-refractivity contribution >= 4 is 22.8 Å². The summed E-state index contributed by atoms with van der Waals surface area (Å²) in [5.41, 5.74) is -0.656. The molecule has 2 aromatic heterocycles. The van der Waals surface area contributed by atoms with Crippen molar-refractivity contribution < 1.29 is 14.3 Å². The number of pyridine rings is 2. The van der Waals surface area contributed by atoms with Gasteiger partial charge in [-0.3, -0.25) is 4.79 Å². The van der Waals surface area contributed by atoms with E-state index in [1.54, 1.807) is 4.57 Å². The maximum absolute atomic E-state index is 14.8. The molecule has 2 aromatic rings. The van der Waals surface area contributed by atoms with E-state index in [-0.39, 0.29) is 22.8 Å². The van der Waals surface area contributed by atoms with Crippen molar-refractivity contribution in [1.29, 1.82) is 0 Å². The Morgan fingerprint density at radius 2 is 2.15 bits per heavy atom. The zero-order valence-electron chi connectivity index (χ0n) is 15.4. The van der Waals surface area contributed by atoms with Gasteiger partial charge >= 0.3 is 5.97 Å². The van der Waals surface area contributed by atoms with E-state index < -0.39 is 17.2 Å². The Hall–Kier alpha value is -2.48. The standard InChI is InChI=1S/C19H23FN4O3/c1-10(21-2)11-5-6-23(8-11)18-15(20)7-13-16(25)14(19(26)27)9-24(12-3-4-12)17(13)22-18/h7,9-12,21H,3-6,8H2,1-2H3,(H,26,27)/t10-,11+/m0/s1. The molecule has 1 saturated carbocycles. The Bertz CT molecular complexity index is 970. The Morgan fingerprint density at radius 3 is 2.78 bits per heavy atom. The second-order valence-corrected chi connectivity index (χ2v) is 7.55. The molecule has 0 amide bonds. The maximum Gasteiger partial charge on any atom is 0.341 e. The van der Waals surface area contributed by atoms with E-state index in [1.807, 2.05) is 11.9 Å². The van der Waals surface area contributed by atoms with Gasteiger partial charge in [0, 0.05) is 31.4 Å². The van der Waals surface area contributed by atoms with Crippen LogP contribution < -0.4 is 15.6 Å². The smallest absolute Gasteiger partial charge is 0.341 e. The van der Waals surface area contributed by atoms with Crippen LogP contribution in [0.5, 0.6) is 0 Å². The first kappa shape index (κ1) is 17.9. The fraction of sp³-hybridized carbons (Fsp3) is 0.526. The Balaban J connectivity index is 1.82. The van der Waals surface area contributed by atoms with Crippen LogP contribution in [0.25, 0.3) is 11.0 Å². The van der Waals surface area contributed by atoms with Crippen LogP contribution in [0.3, 0.4) is 0 Å². The van der Waals surface area contributed by atoms with Crippen molar-refractivity contribution in [3.05, 3.63) is 33.9 Å². The lowest BCUT2D eigenvalue weighted by molar-refractivity contribution is 0.0695. The molecule has 2 atom stereocenters. The summed E-state index contributed by atoms with van der Waals surface area (Å²) in [4.78, 5) is 30.3. The van der Waals surface area contributed by atoms with Gasteiger partial charge in [-0.1, -0.05) is 0 Å². The van der Waals surface area contributed by atoms with Gasteiger partial charge in [-0.05, 0) is 45.2 Å². The first-order chi connectivity index (χ1) is 12.9. The summed E-state index contributed by atoms with van der Waals surface area (Å²) >= 11 is 0. The number of anilines is 1. The summed E-state index contributed by atoms with van der Waals surface area (Å²) < 4.78 is 16.6. The van der Waals surface area contributed by atoms with E-state index in [9.17, 15) is 19.1 Å². The summed E-state index contributed by atoms with van der Waals surface area (Å²) in [6.07, 6.45) is 4.09. The van der Waals surface area contributed by atoms with Gasteiger partial charge in [0.15, 0.2) is 11.6 Å². The summed E-state index contributed by atoms with van der Waals surface area (Å²) in [5.74, 6) is -1.25. The minimum Gasteiger partial charge on any atom is -0.477 e. The Labute approximate surface area is 155 Å². The van der Waals surface area contributed by atoms with Crippen molar-refractivity contribution in [1.82, 2.24) is 14.9 Å². The largest absolute Gasteiger partial charge is 0.477 e. The molecule has 2 aliphatic rings. The number of nitrogens with zero attached hydrogens (tertiary/aromatic N) is 3. The van der Waals surface area contributed by atoms with Crippen LogP contribution >= 0.6 is 0 Å². The molecule has 3 heterocycles. The normalized spacial score (nSPS) is 21.0. The highest BCUT2D eigenvalue weighted by atomic mass is 19.1. The second kappa shape index (κ2) is 6.60. The van der Waals surface area contributed by atoms with Crippen LogP contribution in [-0.4, -0.2) is 46.8 Å². The van der Waals surface area contributed by atoms with Gasteiger partial charge in [0.2, 0.25) is 5.43 Å². The topological polar surface area (TPSA) is 87.5 Å². The van der Waals surface area contributed by atoms with Crippen molar-refractivity contribution in [3.63, 3.8) is 0 Å². The monoisotopic (exact) mass is 374 g/mol. The molecule has 0 spiro atoms. The SMILES string of the molecule is CN[C@@H](C)[C@@H]1CCN(c2nc3c(cc2F)c(=O)c(C(=O)O)cn3C2CC2)C1. The third-order valence-electron chi connectivity index (χ3n) is 5.80. The molecule has 7 nitrogen and oxygen atoms in total. The predicted octanol–water partition coefficient (Wildman–Crippen LogP) is 2.00. The molecule has 27 heavy (non-hydrogen) atoms. The van der Waals surface area contributed by atoms with E-state index in [0.717, 1.165) is 25.3 Å². The minimum absolute atomic E-state index is 0.0300. The van der Waals surface area contributed by atoms with Crippen molar-refractivity contribution in [3.8, 4) is 0 Å². The van der Waals surface area contributed by atoms with Crippen LogP contribution in [-0.2, 0) is 0 Å². The lowest BCUT2D eigenvalue weighted by atomic mass is 10.0. The molecular formula is C19H23FN4O3. The van der Waals surface area contributed by atoms with Crippen LogP contribution in [0.2, 0.25) is 0 Å². The molecular weight excluding hydrogens is 351 g/mol. The zero-order chi connectivity index (χ0) is 19.3. The fourth-order valence-electron chi connectivity index (χ4n) is 3.87. The third-order valence-corrected chi connectivity index (χ3v) is 5.80. The molecule has 0 bridgehead atoms. The molecule has 1 aliphatic carbocycles. The van der Waals surface area contributed by atoms with E-state index in [0.29, 0.717) is 30.7 Å². The summed E-state index contributed by atoms with van der Waals surface area (Å²) in [5, 5.41) is 12.6. The number of carbonyl (C=O) groups is 1. The van der Waals surface area contributed by atoms with Gasteiger partial charge in [0.1, 0.15) is 11.2 Å². The van der Waals surface area contributed by atoms with Crippen LogP contribution in [0.4, 0.5) is 10.2 Å². The molecule has 1 aliphatic heterocycles. The third kappa shape index (κ3) is 3.07. The number of carboxylic acid groups (broad SMARTS) is 1. The van der Waals surface area contributed by atoms with Gasteiger partial charge in [-0.25, -0.2) is 14.2 Å². The molecule has 1 saturated heterocycles. The van der Waals surface area contributed by atoms with Crippen LogP contribution in [0.15, 0.2) is 17.1 Å². The molecule has 0 aromatic carbocycles. The maximum atomic E-state index is 14.8. The number of carboxylic acids is 1. The molecule has 8 heteroatoms. The predicted molar refractivity (Wildman–Crippen MR) is 100 cm³/mol. The number of fused-ring (bicyclic) bond motifs is 1. The Morgan fingerprint density at radius 1 is 1.41 bits per heavy atom. The highest BCUT2D eigenvalue weighted by Gasteiger charge is 2.31. The lowest BCUT2D eigenvalue weighted by Gasteiger charge is -2.22. The van der Waals surface area contributed by atoms with Gasteiger partial charge in [-0.15, -0.1) is 0 Å². The molecule has 0 unspecified atom stereocenters. The highest BCUT2D eigenvalue weighted by molar-refractivity contribution is 5.92. The summed E-state index contributed by atoms with van der Waals surface area (Å²) in [6, 6.07) is 1.59. The number of hydrogen-bond acceptors (Lipinski definition) is 5. The zero-order valence-corrected chi connectivity index (χ0v) is 15.4. The first-order valence-electron chi connectivity index (χ1n) is 9.31. The van der Waals surface area contributed by atoms with Crippen LogP contribution in [0, 0.1) is 11.7 Å². The summed E-state index contributed by atoms with van der Waals surface area (Å²) in [7, 11) is 1.91. The molecule has 4 rings (SSSR count). The number of halogens is 1. The number of nitrogens with one attached hydrogen (secondary N) is 1. The first-order valence-corrected chi connectivity index (χ1v) is 9.31. The average molecular weight is 374 g/mol. The Kier molecular flexibility index (Phi) is 4.38. The number of aromatic nitrogens is 2. The average Bonchev–Trinajstić information content (AvgIpc) is 3.37. The second-order valence-electron chi connectivity index (χ2n) is 7.55. The minimum atomic E-state index is -1.30. The fourth-order valence-corrected chi connectivity index (χ4v) is 3.87. The van der Waals surface area contributed by atoms with E-state index >= 15 is 0 Å². The van der Waals surface area contributed by atoms with Gasteiger partial charge in [0.25, 0.3) is 0 Å². The molecule has 144 valence electrons. The van der Waals surface area contributed by atoms with Crippen molar-refractivity contribution in [2.45, 2.75) is 38.3 Å². The van der Waals surface area contributed by atoms with Crippen molar-refractivity contribution in [2.24, 2.45) is 5.92 Å². The van der Waals surface area contributed by atoms with Crippen molar-refractivity contribution in [2.75, 3.05) is 25.0 Å². The van der Waals surface area contributed by atoms with E-state index in [4.69, 9.17) is 0 Å². The van der Waals surface area contributed by atoms with E-state index in [2.05, 4.69) is 17.2 Å². The lowest BCUT2D eigenvalue weighted by Crippen LogP contribution is -2.33. The quantitative estimate of drug-likeness (QED) is 0.832. The number of hydrogen-bond donors (Lipinski definition) is 2. The number of aromatic carboxylic acids is 1. The van der Waals surface area contributed by atoms with Gasteiger partial charge in [-0.2, -0.15) is 0 Å². The van der Waals surface area contributed by atoms with Crippen LogP contribution in [0.1, 0.15) is 42.6 Å². The molecule has 2 N–H and O–H groups in total. The van der Waals surface area contributed by atoms with Gasteiger partial charge < -0.3 is 19.9 Å².